The average Bonchev–Trinajstić information content (AvgIpc) is 2.37. The average molecular weight is 289 g/mol. The molecule has 1 fully saturated rings. The molecule has 1 rings (SSSR count). The van der Waals surface area contributed by atoms with Crippen molar-refractivity contribution in [1.29, 1.82) is 0 Å². The summed E-state index contributed by atoms with van der Waals surface area (Å²) < 4.78 is 11.1. The minimum Gasteiger partial charge on any atom is -0.393 e. The number of rotatable bonds is 9. The highest BCUT2D eigenvalue weighted by Crippen LogP contribution is 2.21. The van der Waals surface area contributed by atoms with E-state index in [1.807, 2.05) is 0 Å². The molecule has 19 heavy (non-hydrogen) atoms. The number of aliphatic hydroxyl groups excluding tert-OH is 2. The Labute approximate surface area is 118 Å². The summed E-state index contributed by atoms with van der Waals surface area (Å²) in [5, 5.41) is 19.1. The van der Waals surface area contributed by atoms with Crippen molar-refractivity contribution in [2.45, 2.75) is 69.6 Å². The molecule has 0 aromatic carbocycles. The van der Waals surface area contributed by atoms with E-state index < -0.39 is 6.10 Å². The van der Waals surface area contributed by atoms with Gasteiger partial charge in [-0.25, -0.2) is 0 Å². The van der Waals surface area contributed by atoms with Gasteiger partial charge in [0.1, 0.15) is 6.10 Å². The molecule has 1 unspecified atom stereocenters. The molecule has 0 aromatic heterocycles. The highest BCUT2D eigenvalue weighted by atomic mass is 28.3. The fourth-order valence-corrected chi connectivity index (χ4v) is 3.11. The van der Waals surface area contributed by atoms with Crippen molar-refractivity contribution in [3.8, 4) is 0 Å². The summed E-state index contributed by atoms with van der Waals surface area (Å²) in [7, 11) is -0.151. The van der Waals surface area contributed by atoms with Crippen LogP contribution in [0.15, 0.2) is 0 Å². The highest BCUT2D eigenvalue weighted by molar-refractivity contribution is 6.55. The van der Waals surface area contributed by atoms with E-state index >= 15 is 0 Å². The van der Waals surface area contributed by atoms with E-state index in [0.29, 0.717) is 13.2 Å². The van der Waals surface area contributed by atoms with Crippen molar-refractivity contribution in [2.24, 2.45) is 0 Å². The van der Waals surface area contributed by atoms with E-state index in [0.717, 1.165) is 38.7 Å². The maximum absolute atomic E-state index is 9.75. The summed E-state index contributed by atoms with van der Waals surface area (Å²) >= 11 is 0. The van der Waals surface area contributed by atoms with Gasteiger partial charge in [0.05, 0.1) is 25.4 Å². The summed E-state index contributed by atoms with van der Waals surface area (Å²) in [6, 6.07) is 1.27. The van der Waals surface area contributed by atoms with E-state index in [4.69, 9.17) is 9.47 Å². The number of ether oxygens (including phenoxy) is 2. The van der Waals surface area contributed by atoms with Gasteiger partial charge in [-0.15, -0.1) is 0 Å². The summed E-state index contributed by atoms with van der Waals surface area (Å²) in [5.74, 6) is 0. The Morgan fingerprint density at radius 2 is 1.84 bits per heavy atom. The summed E-state index contributed by atoms with van der Waals surface area (Å²) in [6.07, 6.45) is 4.03. The minimum atomic E-state index is -0.528. The molecule has 5 heteroatoms. The first-order chi connectivity index (χ1) is 9.08. The van der Waals surface area contributed by atoms with Gasteiger partial charge >= 0.3 is 0 Å². The smallest absolute Gasteiger partial charge is 0.101 e. The maximum atomic E-state index is 9.75. The van der Waals surface area contributed by atoms with Gasteiger partial charge < -0.3 is 19.7 Å². The Hall–Kier alpha value is 0.0569. The zero-order valence-electron chi connectivity index (χ0n) is 12.3. The molecule has 2 N–H and O–H groups in total. The molecule has 113 valence electrons. The minimum absolute atomic E-state index is 0.151. The SMILES string of the molecule is C[Si](C)CCCOCC(O)COC1CCC(O)CC1. The normalized spacial score (nSPS) is 25.7. The largest absolute Gasteiger partial charge is 0.393 e. The van der Waals surface area contributed by atoms with Crippen LogP contribution < -0.4 is 0 Å². The highest BCUT2D eigenvalue weighted by Gasteiger charge is 2.20. The maximum Gasteiger partial charge on any atom is 0.101 e. The number of aliphatic hydroxyl groups is 2. The first-order valence-corrected chi connectivity index (χ1v) is 10.1. The Bertz CT molecular complexity index is 217. The Morgan fingerprint density at radius 3 is 2.47 bits per heavy atom. The van der Waals surface area contributed by atoms with Gasteiger partial charge in [-0.1, -0.05) is 19.1 Å². The lowest BCUT2D eigenvalue weighted by Gasteiger charge is -2.26. The molecule has 0 bridgehead atoms. The van der Waals surface area contributed by atoms with Crippen LogP contribution in [0.3, 0.4) is 0 Å². The third-order valence-electron chi connectivity index (χ3n) is 3.44. The van der Waals surface area contributed by atoms with Crippen LogP contribution in [0.25, 0.3) is 0 Å². The van der Waals surface area contributed by atoms with Crippen LogP contribution in [0.4, 0.5) is 0 Å². The Balaban J connectivity index is 1.94. The fourth-order valence-electron chi connectivity index (χ4n) is 2.25. The van der Waals surface area contributed by atoms with E-state index in [9.17, 15) is 10.2 Å². The van der Waals surface area contributed by atoms with Crippen LogP contribution >= 0.6 is 0 Å². The lowest BCUT2D eigenvalue weighted by Crippen LogP contribution is -2.29. The second-order valence-electron chi connectivity index (χ2n) is 5.80. The molecule has 0 aliphatic heterocycles. The first-order valence-electron chi connectivity index (χ1n) is 7.42. The van der Waals surface area contributed by atoms with Gasteiger partial charge in [-0.05, 0) is 32.1 Å². The number of hydrogen-bond donors (Lipinski definition) is 2. The lowest BCUT2D eigenvalue weighted by molar-refractivity contribution is -0.0620. The zero-order chi connectivity index (χ0) is 14.1. The molecule has 0 saturated heterocycles. The molecule has 1 radical (unpaired) electrons. The third kappa shape index (κ3) is 8.76. The van der Waals surface area contributed by atoms with Crippen LogP contribution in [-0.4, -0.2) is 57.1 Å². The monoisotopic (exact) mass is 289 g/mol. The summed E-state index contributed by atoms with van der Waals surface area (Å²) in [4.78, 5) is 0. The molecule has 1 atom stereocenters. The Kier molecular flexibility index (Phi) is 8.90. The van der Waals surface area contributed by atoms with Crippen molar-refractivity contribution in [1.82, 2.24) is 0 Å². The predicted octanol–water partition coefficient (Wildman–Crippen LogP) is 1.83. The number of hydrogen-bond acceptors (Lipinski definition) is 4. The standard InChI is InChI=1S/C14H29O4Si/c1-19(2)9-3-8-17-10-13(16)11-18-14-6-4-12(15)5-7-14/h12-16H,3-11H2,1-2H3. The quantitative estimate of drug-likeness (QED) is 0.502. The first kappa shape index (κ1) is 17.1. The molecule has 1 saturated carbocycles. The predicted molar refractivity (Wildman–Crippen MR) is 77.9 cm³/mol. The lowest BCUT2D eigenvalue weighted by atomic mass is 9.95. The van der Waals surface area contributed by atoms with E-state index in [-0.39, 0.29) is 21.0 Å². The van der Waals surface area contributed by atoms with Gasteiger partial charge in [0.25, 0.3) is 0 Å². The van der Waals surface area contributed by atoms with Gasteiger partial charge in [0.2, 0.25) is 0 Å². The van der Waals surface area contributed by atoms with Gasteiger partial charge in [0.15, 0.2) is 0 Å². The summed E-state index contributed by atoms with van der Waals surface area (Å²) in [6.45, 7) is 6.05. The topological polar surface area (TPSA) is 58.9 Å². The van der Waals surface area contributed by atoms with Crippen molar-refractivity contribution >= 4 is 8.80 Å². The van der Waals surface area contributed by atoms with Gasteiger partial charge in [-0.2, -0.15) is 0 Å². The van der Waals surface area contributed by atoms with Gasteiger partial charge in [0, 0.05) is 15.4 Å². The molecule has 1 aliphatic rings. The van der Waals surface area contributed by atoms with Crippen LogP contribution in [0.5, 0.6) is 0 Å². The molecule has 0 heterocycles. The second kappa shape index (κ2) is 9.88. The van der Waals surface area contributed by atoms with Crippen LogP contribution in [0, 0.1) is 0 Å². The summed E-state index contributed by atoms with van der Waals surface area (Å²) in [5.41, 5.74) is 0. The Morgan fingerprint density at radius 1 is 1.16 bits per heavy atom. The van der Waals surface area contributed by atoms with Crippen LogP contribution in [0.1, 0.15) is 32.1 Å². The van der Waals surface area contributed by atoms with E-state index in [1.165, 1.54) is 6.04 Å². The van der Waals surface area contributed by atoms with Crippen LogP contribution in [0.2, 0.25) is 19.1 Å². The zero-order valence-corrected chi connectivity index (χ0v) is 13.3. The van der Waals surface area contributed by atoms with Crippen molar-refractivity contribution in [3.63, 3.8) is 0 Å². The van der Waals surface area contributed by atoms with Crippen molar-refractivity contribution < 1.29 is 19.7 Å². The van der Waals surface area contributed by atoms with E-state index in [1.54, 1.807) is 0 Å². The van der Waals surface area contributed by atoms with Crippen molar-refractivity contribution in [3.05, 3.63) is 0 Å². The molecule has 4 nitrogen and oxygen atoms in total. The van der Waals surface area contributed by atoms with E-state index in [2.05, 4.69) is 13.1 Å². The molecule has 0 amide bonds. The van der Waals surface area contributed by atoms with Crippen LogP contribution in [-0.2, 0) is 9.47 Å². The molecule has 0 aromatic rings. The molecular weight excluding hydrogens is 260 g/mol. The molecule has 0 spiro atoms. The third-order valence-corrected chi connectivity index (χ3v) is 4.80. The molecular formula is C14H29O4Si. The second-order valence-corrected chi connectivity index (χ2v) is 8.72. The molecule has 1 aliphatic carbocycles. The van der Waals surface area contributed by atoms with Crippen molar-refractivity contribution in [2.75, 3.05) is 19.8 Å². The fraction of sp³-hybridized carbons (Fsp3) is 1.00. The van der Waals surface area contributed by atoms with Gasteiger partial charge in [-0.3, -0.25) is 0 Å².